The van der Waals surface area contributed by atoms with Crippen LogP contribution in [0.15, 0.2) is 69.0 Å². The number of ether oxygens (including phenoxy) is 1. The Labute approximate surface area is 144 Å². The SMILES string of the molecule is Cc1ccc(C2=NOC(COc3ccc4ccc(=O)oc4c3)C2)cc1. The van der Waals surface area contributed by atoms with Crippen LogP contribution in [0.4, 0.5) is 0 Å². The van der Waals surface area contributed by atoms with Crippen LogP contribution in [0.25, 0.3) is 11.0 Å². The lowest BCUT2D eigenvalue weighted by Crippen LogP contribution is -2.18. The summed E-state index contributed by atoms with van der Waals surface area (Å²) in [6.45, 7) is 2.43. The van der Waals surface area contributed by atoms with E-state index in [4.69, 9.17) is 14.0 Å². The molecule has 1 aromatic heterocycles. The fourth-order valence-electron chi connectivity index (χ4n) is 2.75. The second-order valence-electron chi connectivity index (χ2n) is 6.10. The number of rotatable bonds is 4. The number of oxime groups is 1. The van der Waals surface area contributed by atoms with Crippen molar-refractivity contribution in [3.8, 4) is 5.75 Å². The topological polar surface area (TPSA) is 61.0 Å². The first-order valence-electron chi connectivity index (χ1n) is 8.14. The molecule has 126 valence electrons. The lowest BCUT2D eigenvalue weighted by molar-refractivity contribution is 0.0471. The van der Waals surface area contributed by atoms with Crippen molar-refractivity contribution >= 4 is 16.7 Å². The van der Waals surface area contributed by atoms with Gasteiger partial charge in [0, 0.05) is 23.9 Å². The Morgan fingerprint density at radius 1 is 1.12 bits per heavy atom. The Balaban J connectivity index is 1.39. The van der Waals surface area contributed by atoms with Crippen molar-refractivity contribution in [3.63, 3.8) is 0 Å². The van der Waals surface area contributed by atoms with Crippen molar-refractivity contribution < 1.29 is 14.0 Å². The van der Waals surface area contributed by atoms with E-state index in [2.05, 4.69) is 24.2 Å². The zero-order valence-electron chi connectivity index (χ0n) is 13.8. The minimum Gasteiger partial charge on any atom is -0.489 e. The van der Waals surface area contributed by atoms with Gasteiger partial charge in [0.05, 0.1) is 5.71 Å². The lowest BCUT2D eigenvalue weighted by Gasteiger charge is -2.10. The number of fused-ring (bicyclic) bond motifs is 1. The first kappa shape index (κ1) is 15.4. The first-order valence-corrected chi connectivity index (χ1v) is 8.14. The fourth-order valence-corrected chi connectivity index (χ4v) is 2.75. The van der Waals surface area contributed by atoms with Gasteiger partial charge in [-0.1, -0.05) is 35.0 Å². The molecular formula is C20H17NO4. The molecule has 4 rings (SSSR count). The summed E-state index contributed by atoms with van der Waals surface area (Å²) in [5.74, 6) is 0.634. The molecule has 0 amide bonds. The van der Waals surface area contributed by atoms with E-state index in [0.717, 1.165) is 16.7 Å². The highest BCUT2D eigenvalue weighted by Crippen LogP contribution is 2.22. The van der Waals surface area contributed by atoms with Gasteiger partial charge in [-0.15, -0.1) is 0 Å². The molecular weight excluding hydrogens is 318 g/mol. The summed E-state index contributed by atoms with van der Waals surface area (Å²) >= 11 is 0. The van der Waals surface area contributed by atoms with E-state index in [0.29, 0.717) is 24.4 Å². The van der Waals surface area contributed by atoms with Gasteiger partial charge in [0.1, 0.15) is 17.9 Å². The Morgan fingerprint density at radius 3 is 2.76 bits per heavy atom. The zero-order chi connectivity index (χ0) is 17.2. The van der Waals surface area contributed by atoms with Gasteiger partial charge in [-0.3, -0.25) is 0 Å². The van der Waals surface area contributed by atoms with Crippen LogP contribution in [-0.2, 0) is 4.84 Å². The summed E-state index contributed by atoms with van der Waals surface area (Å²) in [4.78, 5) is 16.8. The molecule has 1 aliphatic heterocycles. The number of hydrogen-bond donors (Lipinski definition) is 0. The van der Waals surface area contributed by atoms with Crippen LogP contribution in [0.5, 0.6) is 5.75 Å². The monoisotopic (exact) mass is 335 g/mol. The Bertz CT molecular complexity index is 988. The molecule has 25 heavy (non-hydrogen) atoms. The van der Waals surface area contributed by atoms with Gasteiger partial charge >= 0.3 is 5.63 Å². The average molecular weight is 335 g/mol. The molecule has 0 aliphatic carbocycles. The molecule has 0 bridgehead atoms. The van der Waals surface area contributed by atoms with E-state index in [9.17, 15) is 4.79 Å². The van der Waals surface area contributed by atoms with Gasteiger partial charge in [0.25, 0.3) is 0 Å². The molecule has 2 aromatic carbocycles. The van der Waals surface area contributed by atoms with Crippen LogP contribution < -0.4 is 10.4 Å². The van der Waals surface area contributed by atoms with Crippen molar-refractivity contribution in [2.45, 2.75) is 19.4 Å². The average Bonchev–Trinajstić information content (AvgIpc) is 3.09. The maximum absolute atomic E-state index is 11.3. The number of aryl methyl sites for hydroxylation is 1. The maximum Gasteiger partial charge on any atom is 0.336 e. The van der Waals surface area contributed by atoms with Gasteiger partial charge in [0.15, 0.2) is 6.10 Å². The van der Waals surface area contributed by atoms with E-state index < -0.39 is 0 Å². The van der Waals surface area contributed by atoms with E-state index >= 15 is 0 Å². The smallest absolute Gasteiger partial charge is 0.336 e. The third-order valence-electron chi connectivity index (χ3n) is 4.15. The quantitative estimate of drug-likeness (QED) is 0.683. The van der Waals surface area contributed by atoms with Crippen LogP contribution in [0.2, 0.25) is 0 Å². The van der Waals surface area contributed by atoms with Crippen LogP contribution >= 0.6 is 0 Å². The third kappa shape index (κ3) is 3.40. The molecule has 0 spiro atoms. The van der Waals surface area contributed by atoms with Crippen molar-refractivity contribution in [3.05, 3.63) is 76.1 Å². The number of nitrogens with zero attached hydrogens (tertiary/aromatic N) is 1. The Morgan fingerprint density at radius 2 is 1.92 bits per heavy atom. The predicted molar refractivity (Wildman–Crippen MR) is 95.2 cm³/mol. The standard InChI is InChI=1S/C20H17NO4/c1-13-2-4-14(5-3-13)18-10-17(25-21-18)12-23-16-8-6-15-7-9-20(22)24-19(15)11-16/h2-9,11,17H,10,12H2,1H3. The molecule has 5 heteroatoms. The van der Waals surface area contributed by atoms with Crippen molar-refractivity contribution in [2.75, 3.05) is 6.61 Å². The molecule has 0 N–H and O–H groups in total. The summed E-state index contributed by atoms with van der Waals surface area (Å²) in [5.41, 5.74) is 3.35. The van der Waals surface area contributed by atoms with Gasteiger partial charge in [0.2, 0.25) is 0 Å². The molecule has 0 saturated heterocycles. The van der Waals surface area contributed by atoms with E-state index in [1.165, 1.54) is 11.6 Å². The van der Waals surface area contributed by atoms with Gasteiger partial charge < -0.3 is 14.0 Å². The molecule has 5 nitrogen and oxygen atoms in total. The summed E-state index contributed by atoms with van der Waals surface area (Å²) in [6, 6.07) is 16.8. The lowest BCUT2D eigenvalue weighted by atomic mass is 10.0. The van der Waals surface area contributed by atoms with Crippen molar-refractivity contribution in [1.29, 1.82) is 0 Å². The van der Waals surface area contributed by atoms with Crippen molar-refractivity contribution in [2.24, 2.45) is 5.16 Å². The Kier molecular flexibility index (Phi) is 3.98. The highest BCUT2D eigenvalue weighted by molar-refractivity contribution is 6.01. The van der Waals surface area contributed by atoms with Crippen LogP contribution in [0.3, 0.4) is 0 Å². The van der Waals surface area contributed by atoms with Crippen LogP contribution in [0, 0.1) is 6.92 Å². The molecule has 1 aliphatic rings. The molecule has 2 heterocycles. The highest BCUT2D eigenvalue weighted by atomic mass is 16.7. The molecule has 0 radical (unpaired) electrons. The maximum atomic E-state index is 11.3. The molecule has 1 unspecified atom stereocenters. The Hall–Kier alpha value is -3.08. The molecule has 0 fully saturated rings. The van der Waals surface area contributed by atoms with E-state index in [1.807, 2.05) is 24.3 Å². The molecule has 0 saturated carbocycles. The normalized spacial score (nSPS) is 16.5. The minimum atomic E-state index is -0.375. The summed E-state index contributed by atoms with van der Waals surface area (Å²) in [5, 5.41) is 5.02. The second kappa shape index (κ2) is 6.43. The molecule has 3 aromatic rings. The van der Waals surface area contributed by atoms with Crippen LogP contribution in [0.1, 0.15) is 17.5 Å². The summed E-state index contributed by atoms with van der Waals surface area (Å²) in [6.07, 6.45) is 0.570. The third-order valence-corrected chi connectivity index (χ3v) is 4.15. The van der Waals surface area contributed by atoms with Crippen molar-refractivity contribution in [1.82, 2.24) is 0 Å². The largest absolute Gasteiger partial charge is 0.489 e. The first-order chi connectivity index (χ1) is 12.2. The summed E-state index contributed by atoms with van der Waals surface area (Å²) < 4.78 is 11.0. The van der Waals surface area contributed by atoms with Gasteiger partial charge in [-0.25, -0.2) is 4.79 Å². The van der Waals surface area contributed by atoms with Crippen LogP contribution in [-0.4, -0.2) is 18.4 Å². The second-order valence-corrected chi connectivity index (χ2v) is 6.10. The van der Waals surface area contributed by atoms with E-state index in [1.54, 1.807) is 12.1 Å². The highest BCUT2D eigenvalue weighted by Gasteiger charge is 2.22. The van der Waals surface area contributed by atoms with Gasteiger partial charge in [-0.05, 0) is 30.7 Å². The minimum absolute atomic E-state index is 0.130. The summed E-state index contributed by atoms with van der Waals surface area (Å²) in [7, 11) is 0. The zero-order valence-corrected chi connectivity index (χ0v) is 13.8. The fraction of sp³-hybridized carbons (Fsp3) is 0.200. The molecule has 1 atom stereocenters. The van der Waals surface area contributed by atoms with E-state index in [-0.39, 0.29) is 11.7 Å². The number of hydrogen-bond acceptors (Lipinski definition) is 5. The number of benzene rings is 2. The van der Waals surface area contributed by atoms with Gasteiger partial charge in [-0.2, -0.15) is 0 Å². The predicted octanol–water partition coefficient (Wildman–Crippen LogP) is 3.67.